The van der Waals surface area contributed by atoms with Crippen molar-refractivity contribution in [2.45, 2.75) is 61.8 Å². The molecule has 3 nitrogen and oxygen atoms in total. The van der Waals surface area contributed by atoms with E-state index in [1.807, 2.05) is 48.5 Å². The van der Waals surface area contributed by atoms with E-state index in [0.29, 0.717) is 17.5 Å². The molecule has 0 aromatic carbocycles. The van der Waals surface area contributed by atoms with E-state index < -0.39 is 0 Å². The minimum atomic E-state index is 0.382. The summed E-state index contributed by atoms with van der Waals surface area (Å²) in [6.45, 7) is 23.1. The first-order valence-corrected chi connectivity index (χ1v) is 7.52. The summed E-state index contributed by atoms with van der Waals surface area (Å²) in [5, 5.41) is 7.23. The number of nitrogens with two attached hydrogens (primary N) is 1. The topological polar surface area (TPSA) is 62.2 Å². The zero-order chi connectivity index (χ0) is 17.6. The van der Waals surface area contributed by atoms with Gasteiger partial charge in [0, 0.05) is 11.4 Å². The highest BCUT2D eigenvalue weighted by atomic mass is 14.9. The van der Waals surface area contributed by atoms with E-state index >= 15 is 0 Å². The molecule has 0 saturated carbocycles. The Morgan fingerprint density at radius 2 is 1.67 bits per heavy atom. The van der Waals surface area contributed by atoms with E-state index in [-0.39, 0.29) is 0 Å². The number of nitrogens with zero attached hydrogens (tertiary/aromatic N) is 1. The number of hydrogen-bond acceptors (Lipinski definition) is 3. The van der Waals surface area contributed by atoms with Crippen LogP contribution in [0, 0.1) is 11.3 Å². The van der Waals surface area contributed by atoms with E-state index in [1.54, 1.807) is 6.08 Å². The molecule has 21 heavy (non-hydrogen) atoms. The summed E-state index contributed by atoms with van der Waals surface area (Å²) in [7, 11) is 0. The van der Waals surface area contributed by atoms with Crippen molar-refractivity contribution in [3.63, 3.8) is 0 Å². The molecule has 1 unspecified atom stereocenters. The van der Waals surface area contributed by atoms with Crippen molar-refractivity contribution >= 4 is 11.4 Å². The second-order valence-electron chi connectivity index (χ2n) is 4.82. The first kappa shape index (κ1) is 24.4. The zero-order valence-corrected chi connectivity index (χ0v) is 15.3. The van der Waals surface area contributed by atoms with Gasteiger partial charge in [-0.3, -0.25) is 0 Å². The SMILES string of the molecule is C=C(C)/C(C)=C(/N)N=C(C)C.C=CC(=N)C(C)CC.CC. The third-order valence-corrected chi connectivity index (χ3v) is 2.73. The Morgan fingerprint density at radius 3 is 1.86 bits per heavy atom. The van der Waals surface area contributed by atoms with Crippen LogP contribution in [-0.4, -0.2) is 11.4 Å². The van der Waals surface area contributed by atoms with Gasteiger partial charge in [-0.25, -0.2) is 4.99 Å². The fraction of sp³-hybridized carbons (Fsp3) is 0.556. The van der Waals surface area contributed by atoms with E-state index in [9.17, 15) is 0 Å². The zero-order valence-electron chi connectivity index (χ0n) is 15.3. The van der Waals surface area contributed by atoms with Crippen LogP contribution in [0.25, 0.3) is 0 Å². The Hall–Kier alpha value is -1.64. The minimum absolute atomic E-state index is 0.382. The molecule has 3 N–H and O–H groups in total. The first-order valence-electron chi connectivity index (χ1n) is 7.52. The Balaban J connectivity index is -0.000000286. The van der Waals surface area contributed by atoms with Crippen molar-refractivity contribution in [2.75, 3.05) is 0 Å². The molecule has 0 aromatic rings. The first-order chi connectivity index (χ1) is 9.67. The van der Waals surface area contributed by atoms with Gasteiger partial charge in [0.1, 0.15) is 5.82 Å². The van der Waals surface area contributed by atoms with Crippen molar-refractivity contribution in [3.8, 4) is 0 Å². The van der Waals surface area contributed by atoms with Crippen molar-refractivity contribution in [1.29, 1.82) is 5.41 Å². The van der Waals surface area contributed by atoms with Crippen molar-refractivity contribution in [2.24, 2.45) is 16.6 Å². The van der Waals surface area contributed by atoms with Crippen LogP contribution >= 0.6 is 0 Å². The fourth-order valence-electron chi connectivity index (χ4n) is 0.964. The molecule has 1 atom stereocenters. The summed E-state index contributed by atoms with van der Waals surface area (Å²) in [6.07, 6.45) is 2.64. The van der Waals surface area contributed by atoms with Crippen molar-refractivity contribution in [1.82, 2.24) is 0 Å². The average molecular weight is 293 g/mol. The molecule has 0 radical (unpaired) electrons. The van der Waals surface area contributed by atoms with E-state index in [4.69, 9.17) is 11.1 Å². The van der Waals surface area contributed by atoms with Crippen LogP contribution in [0.15, 0.2) is 41.2 Å². The predicted molar refractivity (Wildman–Crippen MR) is 99.2 cm³/mol. The van der Waals surface area contributed by atoms with Crippen molar-refractivity contribution in [3.05, 3.63) is 36.2 Å². The van der Waals surface area contributed by atoms with Gasteiger partial charge >= 0.3 is 0 Å². The highest BCUT2D eigenvalue weighted by Crippen LogP contribution is 2.08. The fourth-order valence-corrected chi connectivity index (χ4v) is 0.964. The van der Waals surface area contributed by atoms with Gasteiger partial charge < -0.3 is 11.1 Å². The molecule has 0 fully saturated rings. The molecule has 0 amide bonds. The second-order valence-corrected chi connectivity index (χ2v) is 4.82. The number of rotatable bonds is 5. The average Bonchev–Trinajstić information content (AvgIpc) is 2.46. The molecule has 0 aliphatic heterocycles. The lowest BCUT2D eigenvalue weighted by molar-refractivity contribution is 0.739. The lowest BCUT2D eigenvalue weighted by Crippen LogP contribution is -2.03. The lowest BCUT2D eigenvalue weighted by Gasteiger charge is -2.03. The highest BCUT2D eigenvalue weighted by molar-refractivity contribution is 5.93. The predicted octanol–water partition coefficient (Wildman–Crippen LogP) is 5.50. The standard InChI is InChI=1S/C9H16N2.C7H13N.C2H6/c1-6(2)8(5)9(10)11-7(3)4;1-4-6(3)7(8)5-2;1-2/h1,10H2,2-5H3;5-6,8H,2,4H2,1,3H3;1-2H3/b9-8-;;. The maximum absolute atomic E-state index is 7.23. The second kappa shape index (κ2) is 14.8. The summed E-state index contributed by atoms with van der Waals surface area (Å²) in [4.78, 5) is 4.11. The van der Waals surface area contributed by atoms with Crippen molar-refractivity contribution < 1.29 is 0 Å². The number of nitrogens with one attached hydrogen (secondary N) is 1. The highest BCUT2D eigenvalue weighted by Gasteiger charge is 1.99. The van der Waals surface area contributed by atoms with Crippen LogP contribution in [-0.2, 0) is 0 Å². The van der Waals surface area contributed by atoms with Crippen LogP contribution in [0.4, 0.5) is 0 Å². The van der Waals surface area contributed by atoms with E-state index in [1.165, 1.54) is 0 Å². The van der Waals surface area contributed by atoms with Crippen LogP contribution in [0.5, 0.6) is 0 Å². The summed E-state index contributed by atoms with van der Waals surface area (Å²) in [5.41, 5.74) is 9.19. The molecule has 0 rings (SSSR count). The summed E-state index contributed by atoms with van der Waals surface area (Å²) in [5.74, 6) is 0.949. The third kappa shape index (κ3) is 14.6. The van der Waals surface area contributed by atoms with Gasteiger partial charge in [0.15, 0.2) is 0 Å². The van der Waals surface area contributed by atoms with Gasteiger partial charge in [-0.1, -0.05) is 46.4 Å². The Labute approximate surface area is 132 Å². The molecule has 0 aromatic heterocycles. The number of allylic oxidation sites excluding steroid dienone is 3. The van der Waals surface area contributed by atoms with Gasteiger partial charge in [0.05, 0.1) is 0 Å². The smallest absolute Gasteiger partial charge is 0.126 e. The molecule has 0 spiro atoms. The Kier molecular flexibility index (Phi) is 17.1. The molecule has 122 valence electrons. The normalized spacial score (nSPS) is 11.4. The van der Waals surface area contributed by atoms with Gasteiger partial charge in [-0.15, -0.1) is 0 Å². The number of hydrogen-bond donors (Lipinski definition) is 2. The van der Waals surface area contributed by atoms with Crippen LogP contribution < -0.4 is 5.73 Å². The van der Waals surface area contributed by atoms with Crippen LogP contribution in [0.1, 0.15) is 61.8 Å². The maximum atomic E-state index is 7.23. The lowest BCUT2D eigenvalue weighted by atomic mass is 10.0. The monoisotopic (exact) mass is 293 g/mol. The van der Waals surface area contributed by atoms with Crippen LogP contribution in [0.2, 0.25) is 0 Å². The summed E-state index contributed by atoms with van der Waals surface area (Å²) < 4.78 is 0. The van der Waals surface area contributed by atoms with E-state index in [2.05, 4.69) is 25.1 Å². The van der Waals surface area contributed by atoms with Gasteiger partial charge in [0.2, 0.25) is 0 Å². The largest absolute Gasteiger partial charge is 0.383 e. The Bertz CT molecular complexity index is 383. The molecular weight excluding hydrogens is 258 g/mol. The molecule has 0 aliphatic carbocycles. The van der Waals surface area contributed by atoms with Crippen LogP contribution in [0.3, 0.4) is 0 Å². The maximum Gasteiger partial charge on any atom is 0.126 e. The number of aliphatic imine (C=N–C) groups is 1. The molecule has 0 heterocycles. The minimum Gasteiger partial charge on any atom is -0.383 e. The third-order valence-electron chi connectivity index (χ3n) is 2.73. The van der Waals surface area contributed by atoms with Gasteiger partial charge in [-0.05, 0) is 51.7 Å². The molecule has 0 bridgehead atoms. The quantitative estimate of drug-likeness (QED) is 0.510. The van der Waals surface area contributed by atoms with Gasteiger partial charge in [-0.2, -0.15) is 0 Å². The van der Waals surface area contributed by atoms with Gasteiger partial charge in [0.25, 0.3) is 0 Å². The molecule has 0 aliphatic rings. The Morgan fingerprint density at radius 1 is 1.24 bits per heavy atom. The van der Waals surface area contributed by atoms with E-state index in [0.717, 1.165) is 23.3 Å². The molecular formula is C18H35N3. The molecule has 0 saturated heterocycles. The molecule has 3 heteroatoms. The summed E-state index contributed by atoms with van der Waals surface area (Å²) in [6, 6.07) is 0. The summed E-state index contributed by atoms with van der Waals surface area (Å²) >= 11 is 0.